The zero-order valence-corrected chi connectivity index (χ0v) is 23.5. The fraction of sp³-hybridized carbons (Fsp3) is 0.214. The first-order valence-corrected chi connectivity index (χ1v) is 15.0. The number of nitrogens with zero attached hydrogens (tertiary/aromatic N) is 5. The van der Waals surface area contributed by atoms with Crippen LogP contribution in [0.3, 0.4) is 0 Å². The van der Waals surface area contributed by atoms with Crippen molar-refractivity contribution < 1.29 is 31.5 Å². The lowest BCUT2D eigenvalue weighted by molar-refractivity contribution is -0.164. The Bertz CT molecular complexity index is 1940. The van der Waals surface area contributed by atoms with Gasteiger partial charge in [0.25, 0.3) is 15.9 Å². The van der Waals surface area contributed by atoms with Gasteiger partial charge in [-0.3, -0.25) is 9.78 Å². The van der Waals surface area contributed by atoms with E-state index in [1.54, 1.807) is 29.6 Å². The Morgan fingerprint density at radius 1 is 1.10 bits per heavy atom. The molecule has 0 radical (unpaired) electrons. The first-order chi connectivity index (χ1) is 19.9. The van der Waals surface area contributed by atoms with Crippen LogP contribution in [0, 0.1) is 6.92 Å². The summed E-state index contributed by atoms with van der Waals surface area (Å²) in [5.41, 5.74) is 0.874. The first kappa shape index (κ1) is 28.0. The molecule has 6 rings (SSSR count). The molecule has 1 atom stereocenters. The van der Waals surface area contributed by atoms with Crippen molar-refractivity contribution in [3.8, 4) is 21.8 Å². The second-order valence-corrected chi connectivity index (χ2v) is 12.6. The zero-order chi connectivity index (χ0) is 29.9. The van der Waals surface area contributed by atoms with Gasteiger partial charge in [0.2, 0.25) is 0 Å². The second-order valence-electron chi connectivity index (χ2n) is 9.96. The van der Waals surface area contributed by atoms with Crippen LogP contribution in [-0.2, 0) is 20.4 Å². The number of amides is 1. The lowest BCUT2D eigenvalue weighted by Gasteiger charge is -2.23. The standard InChI is InChI=1S/C28H22F3N5O4S2/c1-17-5-7-20(8-6-17)42(39,40)36-14-21(23-24(36)33-11-10-32-23)25-34-22(15-41-25)18-3-2-4-19(13-18)27(38)9-12-35(26(27)37)16-28(29,30)31/h2-8,10-11,13-15,38H,9,12,16H2,1H3/t27-/m0/s1. The molecule has 14 heteroatoms. The highest BCUT2D eigenvalue weighted by atomic mass is 32.2. The van der Waals surface area contributed by atoms with E-state index in [2.05, 4.69) is 15.0 Å². The minimum atomic E-state index is -4.58. The van der Waals surface area contributed by atoms with Gasteiger partial charge >= 0.3 is 6.18 Å². The normalized spacial score (nSPS) is 17.8. The number of benzene rings is 2. The van der Waals surface area contributed by atoms with Crippen molar-refractivity contribution in [1.29, 1.82) is 0 Å². The van der Waals surface area contributed by atoms with Crippen molar-refractivity contribution >= 4 is 38.4 Å². The number of likely N-dealkylation sites (tertiary alicyclic amines) is 1. The Morgan fingerprint density at radius 2 is 1.83 bits per heavy atom. The number of alkyl halides is 3. The Labute approximate surface area is 242 Å². The monoisotopic (exact) mass is 613 g/mol. The number of fused-ring (bicyclic) bond motifs is 1. The average Bonchev–Trinajstić information content (AvgIpc) is 3.66. The molecular weight excluding hydrogens is 591 g/mol. The maximum atomic E-state index is 13.5. The Hall–Kier alpha value is -4.14. The second kappa shape index (κ2) is 10.00. The van der Waals surface area contributed by atoms with E-state index in [4.69, 9.17) is 0 Å². The van der Waals surface area contributed by atoms with E-state index in [-0.39, 0.29) is 29.1 Å². The van der Waals surface area contributed by atoms with Crippen LogP contribution < -0.4 is 0 Å². The number of hydrogen-bond acceptors (Lipinski definition) is 8. The van der Waals surface area contributed by atoms with Crippen molar-refractivity contribution in [3.05, 3.63) is 83.6 Å². The molecule has 3 aromatic heterocycles. The summed E-state index contributed by atoms with van der Waals surface area (Å²) in [6.07, 6.45) is -0.479. The van der Waals surface area contributed by atoms with Crippen molar-refractivity contribution in [2.45, 2.75) is 30.0 Å². The molecule has 1 N–H and O–H groups in total. The van der Waals surface area contributed by atoms with Gasteiger partial charge in [0.15, 0.2) is 11.2 Å². The summed E-state index contributed by atoms with van der Waals surface area (Å²) in [4.78, 5) is 26.8. The molecule has 216 valence electrons. The number of aryl methyl sites for hydroxylation is 1. The molecule has 2 aromatic carbocycles. The van der Waals surface area contributed by atoms with Crippen LogP contribution in [0.25, 0.3) is 33.0 Å². The average molecular weight is 614 g/mol. The minimum Gasteiger partial charge on any atom is -0.375 e. The molecule has 1 aliphatic rings. The van der Waals surface area contributed by atoms with E-state index in [1.807, 2.05) is 6.92 Å². The van der Waals surface area contributed by atoms with Crippen LogP contribution in [0.4, 0.5) is 13.2 Å². The minimum absolute atomic E-state index is 0.0898. The largest absolute Gasteiger partial charge is 0.406 e. The third-order valence-corrected chi connectivity index (χ3v) is 9.63. The highest BCUT2D eigenvalue weighted by Gasteiger charge is 2.49. The van der Waals surface area contributed by atoms with Crippen molar-refractivity contribution in [2.24, 2.45) is 0 Å². The summed E-state index contributed by atoms with van der Waals surface area (Å²) < 4.78 is 66.8. The van der Waals surface area contributed by atoms with Crippen molar-refractivity contribution in [2.75, 3.05) is 13.1 Å². The molecule has 1 aliphatic heterocycles. The van der Waals surface area contributed by atoms with Gasteiger partial charge in [0, 0.05) is 42.5 Å². The molecule has 9 nitrogen and oxygen atoms in total. The molecule has 1 amide bonds. The molecule has 5 aromatic rings. The molecule has 4 heterocycles. The molecule has 1 fully saturated rings. The predicted octanol–water partition coefficient (Wildman–Crippen LogP) is 4.75. The van der Waals surface area contributed by atoms with Gasteiger partial charge in [-0.25, -0.2) is 22.4 Å². The predicted molar refractivity (Wildman–Crippen MR) is 149 cm³/mol. The Morgan fingerprint density at radius 3 is 2.57 bits per heavy atom. The number of carbonyl (C=O) groups excluding carboxylic acids is 1. The van der Waals surface area contributed by atoms with Gasteiger partial charge in [-0.05, 0) is 30.7 Å². The van der Waals surface area contributed by atoms with E-state index >= 15 is 0 Å². The summed E-state index contributed by atoms with van der Waals surface area (Å²) in [5, 5.41) is 13.3. The van der Waals surface area contributed by atoms with E-state index in [0.717, 1.165) is 9.54 Å². The topological polar surface area (TPSA) is 118 Å². The quantitative estimate of drug-likeness (QED) is 0.294. The van der Waals surface area contributed by atoms with Crippen LogP contribution in [0.15, 0.2) is 77.4 Å². The number of aliphatic hydroxyl groups is 1. The Balaban J connectivity index is 1.35. The maximum Gasteiger partial charge on any atom is 0.406 e. The third-order valence-electron chi connectivity index (χ3n) is 7.09. The van der Waals surface area contributed by atoms with E-state index in [1.165, 1.54) is 54.2 Å². The smallest absolute Gasteiger partial charge is 0.375 e. The number of halogens is 3. The molecule has 0 saturated carbocycles. The van der Waals surface area contributed by atoms with E-state index in [9.17, 15) is 31.5 Å². The summed E-state index contributed by atoms with van der Waals surface area (Å²) in [7, 11) is -4.00. The van der Waals surface area contributed by atoms with E-state index < -0.39 is 34.3 Å². The molecule has 0 spiro atoms. The highest BCUT2D eigenvalue weighted by Crippen LogP contribution is 2.38. The SMILES string of the molecule is Cc1ccc(S(=O)(=O)n2cc(-c3nc(-c4cccc([C@@]5(O)CCN(CC(F)(F)F)C5=O)c4)cs3)c3nccnc32)cc1. The molecule has 0 bridgehead atoms. The van der Waals surface area contributed by atoms with Crippen molar-refractivity contribution in [1.82, 2.24) is 23.8 Å². The van der Waals surface area contributed by atoms with Crippen LogP contribution in [0.1, 0.15) is 17.5 Å². The van der Waals surface area contributed by atoms with Gasteiger partial charge in [-0.1, -0.05) is 35.9 Å². The number of rotatable bonds is 6. The van der Waals surface area contributed by atoms with Crippen molar-refractivity contribution in [3.63, 3.8) is 0 Å². The fourth-order valence-electron chi connectivity index (χ4n) is 4.95. The van der Waals surface area contributed by atoms with Crippen LogP contribution >= 0.6 is 11.3 Å². The molecule has 0 aliphatic carbocycles. The lowest BCUT2D eigenvalue weighted by Crippen LogP contribution is -2.41. The van der Waals surface area contributed by atoms with Crippen LogP contribution in [-0.4, -0.2) is 62.5 Å². The highest BCUT2D eigenvalue weighted by molar-refractivity contribution is 7.90. The number of thiazole rings is 1. The van der Waals surface area contributed by atoms with Gasteiger partial charge in [-0.2, -0.15) is 13.2 Å². The Kier molecular flexibility index (Phi) is 6.66. The molecule has 0 unspecified atom stereocenters. The molecular formula is C28H22F3N5O4S2. The maximum absolute atomic E-state index is 13.5. The van der Waals surface area contributed by atoms with Gasteiger partial charge in [0.05, 0.1) is 16.2 Å². The first-order valence-electron chi connectivity index (χ1n) is 12.7. The molecule has 1 saturated heterocycles. The lowest BCUT2D eigenvalue weighted by atomic mass is 9.90. The summed E-state index contributed by atoms with van der Waals surface area (Å²) in [5.74, 6) is -1.00. The van der Waals surface area contributed by atoms with Gasteiger partial charge in [0.1, 0.15) is 17.1 Å². The van der Waals surface area contributed by atoms with E-state index in [0.29, 0.717) is 32.2 Å². The summed E-state index contributed by atoms with van der Waals surface area (Å²) in [6, 6.07) is 12.8. The summed E-state index contributed by atoms with van der Waals surface area (Å²) >= 11 is 1.23. The van der Waals surface area contributed by atoms with Crippen LogP contribution in [0.2, 0.25) is 0 Å². The fourth-order valence-corrected chi connectivity index (χ4v) is 7.10. The molecule has 42 heavy (non-hydrogen) atoms. The number of aromatic nitrogens is 4. The van der Waals surface area contributed by atoms with Gasteiger partial charge in [-0.15, -0.1) is 11.3 Å². The summed E-state index contributed by atoms with van der Waals surface area (Å²) in [6.45, 7) is 0.200. The number of carbonyl (C=O) groups is 1. The third kappa shape index (κ3) is 4.84. The zero-order valence-electron chi connectivity index (χ0n) is 21.9. The van der Waals surface area contributed by atoms with Gasteiger partial charge < -0.3 is 10.0 Å². The van der Waals surface area contributed by atoms with Crippen LogP contribution in [0.5, 0.6) is 0 Å². The number of hydrogen-bond donors (Lipinski definition) is 1.